The number of hydrogen-bond acceptors (Lipinski definition) is 5. The predicted molar refractivity (Wildman–Crippen MR) is 70.6 cm³/mol. The molecule has 5 nitrogen and oxygen atoms in total. The number of nitrogens with one attached hydrogen (secondary N) is 2. The van der Waals surface area contributed by atoms with Crippen LogP contribution in [0.25, 0.3) is 0 Å². The summed E-state index contributed by atoms with van der Waals surface area (Å²) in [5, 5.41) is 14.3. The van der Waals surface area contributed by atoms with E-state index in [1.165, 1.54) is 13.1 Å². The lowest BCUT2D eigenvalue weighted by molar-refractivity contribution is -0.144. The standard InChI is InChI=1S/C12H19F3N4O/c1-8(7-20)4-3-5-17-10-6-9(16-2)18-11(19-10)12(13,14)15/h6,8,20H,3-5,7H2,1-2H3,(H2,16,17,18,19). The monoisotopic (exact) mass is 292 g/mol. The predicted octanol–water partition coefficient (Wildman–Crippen LogP) is 2.36. The van der Waals surface area contributed by atoms with Crippen LogP contribution in [-0.2, 0) is 6.18 Å². The molecule has 114 valence electrons. The number of aliphatic hydroxyl groups is 1. The van der Waals surface area contributed by atoms with Crippen LogP contribution in [0.5, 0.6) is 0 Å². The molecule has 0 aliphatic heterocycles. The second-order valence-electron chi connectivity index (χ2n) is 4.57. The molecular formula is C12H19F3N4O. The Morgan fingerprint density at radius 1 is 1.30 bits per heavy atom. The second-order valence-corrected chi connectivity index (χ2v) is 4.57. The Bertz CT molecular complexity index is 426. The van der Waals surface area contributed by atoms with E-state index >= 15 is 0 Å². The Morgan fingerprint density at radius 2 is 1.95 bits per heavy atom. The molecule has 1 heterocycles. The van der Waals surface area contributed by atoms with Gasteiger partial charge in [-0.3, -0.25) is 0 Å². The number of nitrogens with zero attached hydrogens (tertiary/aromatic N) is 2. The highest BCUT2D eigenvalue weighted by atomic mass is 19.4. The molecule has 1 unspecified atom stereocenters. The van der Waals surface area contributed by atoms with E-state index in [1.54, 1.807) is 0 Å². The largest absolute Gasteiger partial charge is 0.451 e. The van der Waals surface area contributed by atoms with Crippen LogP contribution in [0.4, 0.5) is 24.8 Å². The van der Waals surface area contributed by atoms with Gasteiger partial charge >= 0.3 is 6.18 Å². The SMILES string of the molecule is CNc1cc(NCCCC(C)CO)nc(C(F)(F)F)n1. The number of halogens is 3. The van der Waals surface area contributed by atoms with Crippen molar-refractivity contribution in [2.24, 2.45) is 5.92 Å². The highest BCUT2D eigenvalue weighted by Gasteiger charge is 2.35. The summed E-state index contributed by atoms with van der Waals surface area (Å²) in [5.41, 5.74) is 0. The fourth-order valence-corrected chi connectivity index (χ4v) is 1.55. The fraction of sp³-hybridized carbons (Fsp3) is 0.667. The average Bonchev–Trinajstić information content (AvgIpc) is 2.41. The lowest BCUT2D eigenvalue weighted by Gasteiger charge is -2.12. The summed E-state index contributed by atoms with van der Waals surface area (Å²) < 4.78 is 37.8. The van der Waals surface area contributed by atoms with Crippen LogP contribution in [0.15, 0.2) is 6.07 Å². The Labute approximate surface area is 115 Å². The van der Waals surface area contributed by atoms with Crippen molar-refractivity contribution in [3.8, 4) is 0 Å². The lowest BCUT2D eigenvalue weighted by atomic mass is 10.1. The number of hydrogen-bond donors (Lipinski definition) is 3. The normalized spacial score (nSPS) is 13.1. The molecule has 0 radical (unpaired) electrons. The van der Waals surface area contributed by atoms with Crippen LogP contribution in [0.1, 0.15) is 25.6 Å². The molecule has 0 fully saturated rings. The zero-order valence-corrected chi connectivity index (χ0v) is 11.5. The van der Waals surface area contributed by atoms with Gasteiger partial charge in [0.2, 0.25) is 5.82 Å². The van der Waals surface area contributed by atoms with Crippen LogP contribution in [0.3, 0.4) is 0 Å². The summed E-state index contributed by atoms with van der Waals surface area (Å²) in [7, 11) is 1.50. The van der Waals surface area contributed by atoms with Gasteiger partial charge in [0, 0.05) is 26.3 Å². The first kappa shape index (κ1) is 16.5. The molecule has 1 atom stereocenters. The van der Waals surface area contributed by atoms with E-state index in [-0.39, 0.29) is 24.2 Å². The second kappa shape index (κ2) is 7.28. The molecule has 1 rings (SSSR count). The number of alkyl halides is 3. The van der Waals surface area contributed by atoms with Gasteiger partial charge in [-0.1, -0.05) is 6.92 Å². The summed E-state index contributed by atoms with van der Waals surface area (Å²) in [4.78, 5) is 6.83. The van der Waals surface area contributed by atoms with Crippen LogP contribution >= 0.6 is 0 Å². The quantitative estimate of drug-likeness (QED) is 0.673. The molecule has 0 aliphatic rings. The Balaban J connectivity index is 2.65. The molecule has 0 saturated carbocycles. The Hall–Kier alpha value is -1.57. The van der Waals surface area contributed by atoms with Crippen LogP contribution in [0.2, 0.25) is 0 Å². The molecule has 0 aromatic carbocycles. The average molecular weight is 292 g/mol. The van der Waals surface area contributed by atoms with Crippen molar-refractivity contribution >= 4 is 11.6 Å². The van der Waals surface area contributed by atoms with Gasteiger partial charge in [0.25, 0.3) is 0 Å². The van der Waals surface area contributed by atoms with Crippen molar-refractivity contribution in [3.63, 3.8) is 0 Å². The highest BCUT2D eigenvalue weighted by molar-refractivity contribution is 5.47. The zero-order valence-electron chi connectivity index (χ0n) is 11.5. The van der Waals surface area contributed by atoms with Crippen molar-refractivity contribution in [1.29, 1.82) is 0 Å². The summed E-state index contributed by atoms with van der Waals surface area (Å²) in [6.07, 6.45) is -3.05. The number of rotatable bonds is 7. The van der Waals surface area contributed by atoms with Gasteiger partial charge in [0.15, 0.2) is 0 Å². The van der Waals surface area contributed by atoms with Crippen LogP contribution in [-0.4, -0.2) is 35.3 Å². The molecule has 0 bridgehead atoms. The topological polar surface area (TPSA) is 70.1 Å². The van der Waals surface area contributed by atoms with Crippen molar-refractivity contribution in [3.05, 3.63) is 11.9 Å². The molecule has 0 aliphatic carbocycles. The highest BCUT2D eigenvalue weighted by Crippen LogP contribution is 2.28. The first-order valence-electron chi connectivity index (χ1n) is 6.35. The maximum atomic E-state index is 12.6. The molecule has 8 heteroatoms. The molecular weight excluding hydrogens is 273 g/mol. The van der Waals surface area contributed by atoms with Crippen LogP contribution < -0.4 is 10.6 Å². The van der Waals surface area contributed by atoms with Crippen molar-refractivity contribution in [2.75, 3.05) is 30.8 Å². The summed E-state index contributed by atoms with van der Waals surface area (Å²) in [6.45, 7) is 2.50. The third kappa shape index (κ3) is 5.20. The molecule has 1 aromatic rings. The lowest BCUT2D eigenvalue weighted by Crippen LogP contribution is -2.15. The van der Waals surface area contributed by atoms with E-state index < -0.39 is 12.0 Å². The van der Waals surface area contributed by atoms with Gasteiger partial charge in [-0.2, -0.15) is 13.2 Å². The molecule has 20 heavy (non-hydrogen) atoms. The van der Waals surface area contributed by atoms with Crippen LogP contribution in [0, 0.1) is 5.92 Å². The fourth-order valence-electron chi connectivity index (χ4n) is 1.55. The van der Waals surface area contributed by atoms with E-state index in [0.717, 1.165) is 12.8 Å². The Morgan fingerprint density at radius 3 is 2.50 bits per heavy atom. The summed E-state index contributed by atoms with van der Waals surface area (Å²) in [5.74, 6) is -0.747. The van der Waals surface area contributed by atoms with Gasteiger partial charge in [-0.25, -0.2) is 9.97 Å². The third-order valence-corrected chi connectivity index (χ3v) is 2.73. The van der Waals surface area contributed by atoms with E-state index in [4.69, 9.17) is 5.11 Å². The molecule has 3 N–H and O–H groups in total. The van der Waals surface area contributed by atoms with Crippen molar-refractivity contribution in [1.82, 2.24) is 9.97 Å². The number of aliphatic hydroxyl groups excluding tert-OH is 1. The maximum absolute atomic E-state index is 12.6. The van der Waals surface area contributed by atoms with Gasteiger partial charge in [-0.05, 0) is 18.8 Å². The Kier molecular flexibility index (Phi) is 6.00. The van der Waals surface area contributed by atoms with Gasteiger partial charge in [0.1, 0.15) is 11.6 Å². The number of anilines is 2. The van der Waals surface area contributed by atoms with Crippen molar-refractivity contribution < 1.29 is 18.3 Å². The maximum Gasteiger partial charge on any atom is 0.451 e. The minimum atomic E-state index is -4.57. The first-order chi connectivity index (χ1) is 9.36. The molecule has 0 spiro atoms. The first-order valence-corrected chi connectivity index (χ1v) is 6.35. The van der Waals surface area contributed by atoms with E-state index in [1.807, 2.05) is 6.92 Å². The van der Waals surface area contributed by atoms with E-state index in [0.29, 0.717) is 6.54 Å². The third-order valence-electron chi connectivity index (χ3n) is 2.73. The summed E-state index contributed by atoms with van der Waals surface area (Å²) >= 11 is 0. The zero-order chi connectivity index (χ0) is 15.2. The van der Waals surface area contributed by atoms with E-state index in [9.17, 15) is 13.2 Å². The van der Waals surface area contributed by atoms with Gasteiger partial charge in [-0.15, -0.1) is 0 Å². The smallest absolute Gasteiger partial charge is 0.396 e. The van der Waals surface area contributed by atoms with Gasteiger partial charge in [0.05, 0.1) is 0 Å². The summed E-state index contributed by atoms with van der Waals surface area (Å²) in [6, 6.07) is 1.42. The van der Waals surface area contributed by atoms with Crippen molar-refractivity contribution in [2.45, 2.75) is 25.9 Å². The minimum absolute atomic E-state index is 0.107. The molecule has 1 aromatic heterocycles. The number of aromatic nitrogens is 2. The molecule has 0 amide bonds. The molecule has 0 saturated heterocycles. The van der Waals surface area contributed by atoms with E-state index in [2.05, 4.69) is 20.6 Å². The van der Waals surface area contributed by atoms with Gasteiger partial charge < -0.3 is 15.7 Å². The minimum Gasteiger partial charge on any atom is -0.396 e.